The van der Waals surface area contributed by atoms with Crippen molar-refractivity contribution in [2.75, 3.05) is 23.5 Å². The highest BCUT2D eigenvalue weighted by molar-refractivity contribution is 8.16. The number of ether oxygens (including phenoxy) is 1. The molecule has 0 spiro atoms. The normalized spacial score (nSPS) is 26.0. The maximum Gasteiger partial charge on any atom is 0.248 e. The van der Waals surface area contributed by atoms with Gasteiger partial charge in [0.2, 0.25) is 5.91 Å². The van der Waals surface area contributed by atoms with Gasteiger partial charge in [-0.15, -0.1) is 0 Å². The van der Waals surface area contributed by atoms with Crippen LogP contribution in [0.1, 0.15) is 19.8 Å². The molecule has 9 heteroatoms. The maximum absolute atomic E-state index is 12.1. The number of nitrogens with zero attached hydrogens (tertiary/aromatic N) is 2. The Morgan fingerprint density at radius 2 is 2.20 bits per heavy atom. The van der Waals surface area contributed by atoms with Crippen molar-refractivity contribution >= 4 is 50.0 Å². The fourth-order valence-electron chi connectivity index (χ4n) is 3.07. The molecule has 2 aliphatic rings. The van der Waals surface area contributed by atoms with E-state index in [-0.39, 0.29) is 28.7 Å². The van der Waals surface area contributed by atoms with Crippen LogP contribution in [0.2, 0.25) is 5.02 Å². The van der Waals surface area contributed by atoms with Crippen LogP contribution < -0.4 is 9.64 Å². The van der Waals surface area contributed by atoms with Gasteiger partial charge in [-0.2, -0.15) is 4.99 Å². The van der Waals surface area contributed by atoms with Gasteiger partial charge in [-0.3, -0.25) is 4.79 Å². The Labute approximate surface area is 156 Å². The van der Waals surface area contributed by atoms with E-state index in [9.17, 15) is 13.2 Å². The van der Waals surface area contributed by atoms with Gasteiger partial charge in [0, 0.05) is 16.7 Å². The number of benzene rings is 1. The number of halogens is 1. The molecule has 2 fully saturated rings. The number of aliphatic imine (C=N–C) groups is 1. The van der Waals surface area contributed by atoms with Crippen LogP contribution in [0.3, 0.4) is 0 Å². The molecule has 0 aromatic heterocycles. The second-order valence-corrected chi connectivity index (χ2v) is 9.82. The molecule has 0 saturated carbocycles. The van der Waals surface area contributed by atoms with Gasteiger partial charge in [-0.1, -0.05) is 30.3 Å². The molecule has 3 rings (SSSR count). The number of hydrogen-bond acceptors (Lipinski definition) is 5. The lowest BCUT2D eigenvalue weighted by Crippen LogP contribution is -2.38. The largest absolute Gasteiger partial charge is 0.495 e. The Morgan fingerprint density at radius 1 is 1.44 bits per heavy atom. The van der Waals surface area contributed by atoms with Crippen molar-refractivity contribution in [3.63, 3.8) is 0 Å². The first-order chi connectivity index (χ1) is 11.8. The number of fused-ring (bicyclic) bond motifs is 1. The summed E-state index contributed by atoms with van der Waals surface area (Å²) in [7, 11) is -1.57. The topological polar surface area (TPSA) is 76.0 Å². The monoisotopic (exact) mass is 402 g/mol. The highest BCUT2D eigenvalue weighted by Crippen LogP contribution is 2.44. The number of carbonyl (C=O) groups excluding carboxylic acids is 1. The molecule has 6 nitrogen and oxygen atoms in total. The summed E-state index contributed by atoms with van der Waals surface area (Å²) in [5.41, 5.74) is 0.634. The molecule has 0 unspecified atom stereocenters. The number of sulfone groups is 1. The predicted octanol–water partition coefficient (Wildman–Crippen LogP) is 2.75. The van der Waals surface area contributed by atoms with Gasteiger partial charge in [-0.05, 0) is 24.6 Å². The average Bonchev–Trinajstić information content (AvgIpc) is 2.98. The van der Waals surface area contributed by atoms with E-state index in [0.29, 0.717) is 34.5 Å². The van der Waals surface area contributed by atoms with E-state index in [2.05, 4.69) is 4.99 Å². The van der Waals surface area contributed by atoms with Gasteiger partial charge >= 0.3 is 0 Å². The van der Waals surface area contributed by atoms with E-state index in [1.807, 2.05) is 6.92 Å². The highest BCUT2D eigenvalue weighted by Gasteiger charge is 2.50. The molecule has 2 aliphatic heterocycles. The molecule has 1 aromatic rings. The van der Waals surface area contributed by atoms with Crippen LogP contribution in [-0.2, 0) is 14.6 Å². The molecule has 0 aliphatic carbocycles. The fraction of sp³-hybridized carbons (Fsp3) is 0.500. The molecule has 136 valence electrons. The Kier molecular flexibility index (Phi) is 5.31. The number of methoxy groups -OCH3 is 1. The second kappa shape index (κ2) is 7.17. The molecular formula is C16H19ClN2O4S2. The van der Waals surface area contributed by atoms with Crippen LogP contribution >= 0.6 is 23.4 Å². The number of hydrogen-bond donors (Lipinski definition) is 0. The summed E-state index contributed by atoms with van der Waals surface area (Å²) in [5.74, 6) is 0.466. The summed E-state index contributed by atoms with van der Waals surface area (Å²) in [6, 6.07) is 4.86. The van der Waals surface area contributed by atoms with E-state index >= 15 is 0 Å². The lowest BCUT2D eigenvalue weighted by atomic mass is 10.2. The van der Waals surface area contributed by atoms with Crippen LogP contribution in [0.25, 0.3) is 0 Å². The molecule has 0 radical (unpaired) electrons. The third-order valence-corrected chi connectivity index (χ3v) is 7.60. The van der Waals surface area contributed by atoms with Gasteiger partial charge in [0.1, 0.15) is 5.75 Å². The number of thioether (sulfide) groups is 1. The van der Waals surface area contributed by atoms with Crippen LogP contribution in [-0.4, -0.2) is 49.4 Å². The molecule has 1 aromatic carbocycles. The molecule has 0 N–H and O–H groups in total. The van der Waals surface area contributed by atoms with Crippen molar-refractivity contribution in [1.82, 2.24) is 0 Å². The van der Waals surface area contributed by atoms with Crippen LogP contribution in [0.15, 0.2) is 23.2 Å². The number of amidine groups is 1. The zero-order valence-corrected chi connectivity index (χ0v) is 16.3. The first kappa shape index (κ1) is 18.5. The SMILES string of the molecule is CCCC(=O)N=C1S[C@@H]2CS(=O)(=O)C[C@H]2N1c1cc(Cl)ccc1OC. The molecule has 2 saturated heterocycles. The molecular weight excluding hydrogens is 384 g/mol. The summed E-state index contributed by atoms with van der Waals surface area (Å²) in [4.78, 5) is 18.1. The van der Waals surface area contributed by atoms with Crippen molar-refractivity contribution in [1.29, 1.82) is 0 Å². The number of carbonyl (C=O) groups is 1. The zero-order chi connectivity index (χ0) is 18.2. The van der Waals surface area contributed by atoms with Crippen LogP contribution in [0, 0.1) is 0 Å². The van der Waals surface area contributed by atoms with Crippen molar-refractivity contribution in [3.8, 4) is 5.75 Å². The van der Waals surface area contributed by atoms with E-state index in [1.54, 1.807) is 23.1 Å². The predicted molar refractivity (Wildman–Crippen MR) is 102 cm³/mol. The fourth-order valence-corrected chi connectivity index (χ4v) is 7.16. The Morgan fingerprint density at radius 3 is 2.88 bits per heavy atom. The Balaban J connectivity index is 2.07. The average molecular weight is 403 g/mol. The minimum atomic E-state index is -3.11. The molecule has 1 amide bonds. The maximum atomic E-state index is 12.1. The number of amides is 1. The van der Waals surface area contributed by atoms with Gasteiger partial charge in [0.25, 0.3) is 0 Å². The summed E-state index contributed by atoms with van der Waals surface area (Å²) in [6.45, 7) is 1.92. The number of rotatable bonds is 4. The van der Waals surface area contributed by atoms with Crippen molar-refractivity contribution < 1.29 is 17.9 Å². The van der Waals surface area contributed by atoms with Crippen LogP contribution in [0.4, 0.5) is 5.69 Å². The van der Waals surface area contributed by atoms with E-state index in [0.717, 1.165) is 0 Å². The third-order valence-electron chi connectivity index (χ3n) is 4.15. The minimum absolute atomic E-state index is 0.0291. The number of anilines is 1. The van der Waals surface area contributed by atoms with E-state index in [4.69, 9.17) is 16.3 Å². The second-order valence-electron chi connectivity index (χ2n) is 6.02. The van der Waals surface area contributed by atoms with Crippen molar-refractivity contribution in [2.24, 2.45) is 4.99 Å². The zero-order valence-electron chi connectivity index (χ0n) is 13.9. The molecule has 2 atom stereocenters. The van der Waals surface area contributed by atoms with Crippen LogP contribution in [0.5, 0.6) is 5.75 Å². The third kappa shape index (κ3) is 3.80. The lowest BCUT2D eigenvalue weighted by Gasteiger charge is -2.26. The highest BCUT2D eigenvalue weighted by atomic mass is 35.5. The summed E-state index contributed by atoms with van der Waals surface area (Å²) >= 11 is 7.48. The van der Waals surface area contributed by atoms with Gasteiger partial charge < -0.3 is 9.64 Å². The Bertz CT molecular complexity index is 825. The van der Waals surface area contributed by atoms with E-state index < -0.39 is 9.84 Å². The van der Waals surface area contributed by atoms with Gasteiger partial charge in [0.15, 0.2) is 15.0 Å². The summed E-state index contributed by atoms with van der Waals surface area (Å²) in [6.07, 6.45) is 1.07. The molecule has 25 heavy (non-hydrogen) atoms. The Hall–Kier alpha value is -1.25. The molecule has 2 heterocycles. The smallest absolute Gasteiger partial charge is 0.248 e. The van der Waals surface area contributed by atoms with Gasteiger partial charge in [0.05, 0.1) is 30.3 Å². The van der Waals surface area contributed by atoms with Crippen molar-refractivity contribution in [2.45, 2.75) is 31.1 Å². The summed E-state index contributed by atoms with van der Waals surface area (Å²) in [5, 5.41) is 0.870. The lowest BCUT2D eigenvalue weighted by molar-refractivity contribution is -0.117. The quantitative estimate of drug-likeness (QED) is 0.770. The standard InChI is InChI=1S/C16H19ClN2O4S2/c1-3-4-15(20)18-16-19(11-7-10(17)5-6-13(11)23-2)12-8-25(21,22)9-14(12)24-16/h5-7,12,14H,3-4,8-9H2,1-2H3/t12-,14-/m1/s1. The van der Waals surface area contributed by atoms with Crippen molar-refractivity contribution in [3.05, 3.63) is 23.2 Å². The first-order valence-corrected chi connectivity index (χ1v) is 11.0. The van der Waals surface area contributed by atoms with E-state index in [1.165, 1.54) is 18.9 Å². The van der Waals surface area contributed by atoms with Gasteiger partial charge in [-0.25, -0.2) is 8.42 Å². The minimum Gasteiger partial charge on any atom is -0.495 e. The summed E-state index contributed by atoms with van der Waals surface area (Å²) < 4.78 is 29.6. The molecule has 0 bridgehead atoms. The first-order valence-electron chi connectivity index (χ1n) is 7.96.